The Bertz CT molecular complexity index is 1610. The smallest absolute Gasteiger partial charge is 0.145 e. The first-order valence-corrected chi connectivity index (χ1v) is 12.4. The van der Waals surface area contributed by atoms with Gasteiger partial charge in [-0.25, -0.2) is 9.97 Å². The fraction of sp³-hybridized carbons (Fsp3) is 0.290. The monoisotopic (exact) mass is 460 g/mol. The Morgan fingerprint density at radius 1 is 0.600 bits per heavy atom. The zero-order valence-electron chi connectivity index (χ0n) is 21.4. The molecule has 6 aromatic rings. The van der Waals surface area contributed by atoms with Gasteiger partial charge in [-0.1, -0.05) is 90.1 Å². The summed E-state index contributed by atoms with van der Waals surface area (Å²) in [5.41, 5.74) is 6.66. The number of pyridine rings is 2. The minimum absolute atomic E-state index is 0.00384. The van der Waals surface area contributed by atoms with Gasteiger partial charge in [0, 0.05) is 51.8 Å². The molecule has 4 aromatic heterocycles. The van der Waals surface area contributed by atoms with Gasteiger partial charge in [-0.2, -0.15) is 0 Å². The molecule has 4 nitrogen and oxygen atoms in total. The SMILES string of the molecule is CC(C)(C)c1cc2ccccc2c2nc(Cc3cn4c(C(C)(C)C)cc5ccccc5c4n3)cn12. The molecule has 4 heteroatoms. The van der Waals surface area contributed by atoms with Gasteiger partial charge in [0.05, 0.1) is 11.4 Å². The molecule has 0 N–H and O–H groups in total. The van der Waals surface area contributed by atoms with Crippen molar-refractivity contribution in [2.45, 2.75) is 58.8 Å². The number of hydrogen-bond acceptors (Lipinski definition) is 2. The summed E-state index contributed by atoms with van der Waals surface area (Å²) in [6, 6.07) is 21.7. The molecule has 0 aliphatic rings. The van der Waals surface area contributed by atoms with Crippen LogP contribution in [0, 0.1) is 0 Å². The van der Waals surface area contributed by atoms with E-state index in [9.17, 15) is 0 Å². The lowest BCUT2D eigenvalue weighted by atomic mass is 9.90. The van der Waals surface area contributed by atoms with Gasteiger partial charge in [0.2, 0.25) is 0 Å². The Balaban J connectivity index is 1.54. The number of hydrogen-bond donors (Lipinski definition) is 0. The summed E-state index contributed by atoms with van der Waals surface area (Å²) in [7, 11) is 0. The lowest BCUT2D eigenvalue weighted by molar-refractivity contribution is 0.562. The van der Waals surface area contributed by atoms with Crippen molar-refractivity contribution in [3.8, 4) is 0 Å². The number of imidazole rings is 2. The van der Waals surface area contributed by atoms with Gasteiger partial charge < -0.3 is 8.80 Å². The first-order chi connectivity index (χ1) is 16.6. The number of fused-ring (bicyclic) bond motifs is 6. The highest BCUT2D eigenvalue weighted by Crippen LogP contribution is 2.32. The van der Waals surface area contributed by atoms with E-state index in [1.54, 1.807) is 0 Å². The van der Waals surface area contributed by atoms with Gasteiger partial charge in [-0.05, 0) is 22.9 Å². The summed E-state index contributed by atoms with van der Waals surface area (Å²) in [6.45, 7) is 13.6. The van der Waals surface area contributed by atoms with Gasteiger partial charge in [-0.3, -0.25) is 0 Å². The molecule has 0 fully saturated rings. The summed E-state index contributed by atoms with van der Waals surface area (Å²) in [5.74, 6) is 0. The van der Waals surface area contributed by atoms with Gasteiger partial charge in [0.25, 0.3) is 0 Å². The van der Waals surface area contributed by atoms with E-state index < -0.39 is 0 Å². The molecule has 6 rings (SSSR count). The van der Waals surface area contributed by atoms with Crippen LogP contribution in [-0.4, -0.2) is 18.8 Å². The molecule has 176 valence electrons. The molecule has 2 aromatic carbocycles. The van der Waals surface area contributed by atoms with Crippen LogP contribution in [0.3, 0.4) is 0 Å². The molecule has 0 aliphatic carbocycles. The van der Waals surface area contributed by atoms with E-state index in [0.29, 0.717) is 6.42 Å². The van der Waals surface area contributed by atoms with Crippen LogP contribution >= 0.6 is 0 Å². The topological polar surface area (TPSA) is 34.6 Å². The highest BCUT2D eigenvalue weighted by Gasteiger charge is 2.22. The van der Waals surface area contributed by atoms with Gasteiger partial charge in [0.1, 0.15) is 11.3 Å². The first-order valence-electron chi connectivity index (χ1n) is 12.4. The minimum Gasteiger partial charge on any atom is -0.303 e. The van der Waals surface area contributed by atoms with E-state index in [1.165, 1.54) is 32.9 Å². The molecule has 0 atom stereocenters. The van der Waals surface area contributed by atoms with E-state index >= 15 is 0 Å². The third kappa shape index (κ3) is 3.59. The minimum atomic E-state index is 0.00384. The van der Waals surface area contributed by atoms with Gasteiger partial charge in [0.15, 0.2) is 0 Å². The van der Waals surface area contributed by atoms with E-state index in [0.717, 1.165) is 22.7 Å². The average molecular weight is 461 g/mol. The maximum Gasteiger partial charge on any atom is 0.145 e. The summed E-state index contributed by atoms with van der Waals surface area (Å²) < 4.78 is 4.56. The van der Waals surface area contributed by atoms with Crippen LogP contribution in [0.15, 0.2) is 73.1 Å². The van der Waals surface area contributed by atoms with Crippen molar-refractivity contribution >= 4 is 32.8 Å². The van der Waals surface area contributed by atoms with Crippen molar-refractivity contribution in [1.29, 1.82) is 0 Å². The third-order valence-corrected chi connectivity index (χ3v) is 6.92. The van der Waals surface area contributed by atoms with Crippen molar-refractivity contribution in [2.75, 3.05) is 0 Å². The van der Waals surface area contributed by atoms with Crippen molar-refractivity contribution in [1.82, 2.24) is 18.8 Å². The van der Waals surface area contributed by atoms with E-state index in [-0.39, 0.29) is 10.8 Å². The summed E-state index contributed by atoms with van der Waals surface area (Å²) >= 11 is 0. The molecule has 0 amide bonds. The van der Waals surface area contributed by atoms with Crippen LogP contribution in [0.25, 0.3) is 32.8 Å². The molecule has 4 heterocycles. The van der Waals surface area contributed by atoms with Gasteiger partial charge >= 0.3 is 0 Å². The highest BCUT2D eigenvalue weighted by molar-refractivity contribution is 5.95. The molecule has 0 aliphatic heterocycles. The quantitative estimate of drug-likeness (QED) is 0.268. The van der Waals surface area contributed by atoms with Crippen LogP contribution in [-0.2, 0) is 17.3 Å². The molecule has 0 saturated heterocycles. The number of benzene rings is 2. The second-order valence-corrected chi connectivity index (χ2v) is 11.8. The number of nitrogens with zero attached hydrogens (tertiary/aromatic N) is 4. The van der Waals surface area contributed by atoms with Crippen molar-refractivity contribution in [3.63, 3.8) is 0 Å². The largest absolute Gasteiger partial charge is 0.303 e. The van der Waals surface area contributed by atoms with E-state index in [4.69, 9.17) is 9.97 Å². The fourth-order valence-electron chi connectivity index (χ4n) is 5.20. The summed E-state index contributed by atoms with van der Waals surface area (Å²) in [5, 5.41) is 4.83. The standard InChI is InChI=1S/C31H32N4/c1-30(2,3)26-15-20-11-7-9-13-24(20)28-32-22(18-34(26)28)17-23-19-35-27(31(4,5)6)16-21-12-8-10-14-25(21)29(35)33-23/h7-16,18-19H,17H2,1-6H3. The molecular weight excluding hydrogens is 428 g/mol. The summed E-state index contributed by atoms with van der Waals surface area (Å²) in [4.78, 5) is 10.3. The molecule has 0 bridgehead atoms. The summed E-state index contributed by atoms with van der Waals surface area (Å²) in [6.07, 6.45) is 5.10. The molecule has 0 unspecified atom stereocenters. The molecule has 35 heavy (non-hydrogen) atoms. The molecule has 0 spiro atoms. The van der Waals surface area contributed by atoms with Crippen LogP contribution in [0.2, 0.25) is 0 Å². The second-order valence-electron chi connectivity index (χ2n) is 11.8. The Hall–Kier alpha value is -3.66. The Labute approximate surface area is 206 Å². The predicted octanol–water partition coefficient (Wildman–Crippen LogP) is 7.47. The van der Waals surface area contributed by atoms with Crippen LogP contribution in [0.5, 0.6) is 0 Å². The maximum atomic E-state index is 5.13. The highest BCUT2D eigenvalue weighted by atomic mass is 15.0. The Morgan fingerprint density at radius 3 is 1.40 bits per heavy atom. The fourth-order valence-corrected chi connectivity index (χ4v) is 5.20. The maximum absolute atomic E-state index is 5.13. The first kappa shape index (κ1) is 21.8. The second kappa shape index (κ2) is 7.42. The van der Waals surface area contributed by atoms with E-state index in [1.807, 2.05) is 0 Å². The van der Waals surface area contributed by atoms with Crippen molar-refractivity contribution in [3.05, 3.63) is 95.8 Å². The van der Waals surface area contributed by atoms with Gasteiger partial charge in [-0.15, -0.1) is 0 Å². The van der Waals surface area contributed by atoms with Crippen molar-refractivity contribution < 1.29 is 0 Å². The zero-order valence-corrected chi connectivity index (χ0v) is 21.4. The van der Waals surface area contributed by atoms with E-state index in [2.05, 4.69) is 123 Å². The van der Waals surface area contributed by atoms with Crippen LogP contribution in [0.4, 0.5) is 0 Å². The predicted molar refractivity (Wildman–Crippen MR) is 146 cm³/mol. The molecule has 0 saturated carbocycles. The van der Waals surface area contributed by atoms with Crippen molar-refractivity contribution in [2.24, 2.45) is 0 Å². The Kier molecular flexibility index (Phi) is 4.63. The number of aromatic nitrogens is 4. The lowest BCUT2D eigenvalue weighted by Crippen LogP contribution is -2.16. The molecular formula is C31H32N4. The zero-order chi connectivity index (χ0) is 24.5. The van der Waals surface area contributed by atoms with Crippen LogP contribution < -0.4 is 0 Å². The normalized spacial score (nSPS) is 13.0. The van der Waals surface area contributed by atoms with Crippen LogP contribution in [0.1, 0.15) is 64.3 Å². The third-order valence-electron chi connectivity index (χ3n) is 6.92. The molecule has 0 radical (unpaired) electrons. The number of rotatable bonds is 2. The Morgan fingerprint density at radius 2 is 1.00 bits per heavy atom. The lowest BCUT2D eigenvalue weighted by Gasteiger charge is -2.21. The average Bonchev–Trinajstić information content (AvgIpc) is 3.41.